The number of benzene rings is 5. The van der Waals surface area contributed by atoms with Gasteiger partial charge in [0.2, 0.25) is 0 Å². The van der Waals surface area contributed by atoms with Gasteiger partial charge >= 0.3 is 0 Å². The minimum absolute atomic E-state index is 0.0143. The van der Waals surface area contributed by atoms with Crippen LogP contribution in [0.2, 0.25) is 0 Å². The molecular weight excluding hydrogens is 1480 g/mol. The van der Waals surface area contributed by atoms with Gasteiger partial charge in [0.25, 0.3) is 0 Å². The summed E-state index contributed by atoms with van der Waals surface area (Å²) in [6.45, 7) is 3.23. The summed E-state index contributed by atoms with van der Waals surface area (Å²) in [5, 5.41) is 0. The Labute approximate surface area is 789 Å². The van der Waals surface area contributed by atoms with Crippen molar-refractivity contribution >= 4 is 28.9 Å². The van der Waals surface area contributed by atoms with Crippen molar-refractivity contribution in [3.05, 3.63) is 116 Å². The van der Waals surface area contributed by atoms with E-state index >= 15 is 0 Å². The molecule has 0 saturated carbocycles. The van der Waals surface area contributed by atoms with E-state index in [1.165, 1.54) is 9.80 Å². The summed E-state index contributed by atoms with van der Waals surface area (Å²) in [7, 11) is -31.0. The molecule has 0 N–H and O–H groups in total. The lowest BCUT2D eigenvalue weighted by atomic mass is 9.79. The largest absolute Gasteiger partial charge is 0.493 e. The first-order valence-electron chi connectivity index (χ1n) is 70.1. The Morgan fingerprint density at radius 1 is 0.368 bits per heavy atom. The van der Waals surface area contributed by atoms with Crippen LogP contribution in [0, 0.1) is 59.1 Å². The molecule has 5 fully saturated rings. The van der Waals surface area contributed by atoms with Crippen LogP contribution in [0.5, 0.6) is 57.5 Å². The number of carbonyl (C=O) groups excluding carboxylic acids is 5. The Morgan fingerprint density at radius 3 is 1.00 bits per heavy atom. The zero-order valence-electron chi connectivity index (χ0n) is 130. The number of ether oxygens (including phenoxy) is 10. The third-order valence-corrected chi connectivity index (χ3v) is 21.7. The Morgan fingerprint density at radius 2 is 0.650 bits per heavy atom. The van der Waals surface area contributed by atoms with E-state index in [0.717, 1.165) is 18.2 Å². The normalized spacial score (nSPS) is 37.4. The minimum Gasteiger partial charge on any atom is -0.493 e. The topological polar surface area (TPSA) is 194 Å². The fraction of sp³-hybridized carbons (Fsp3) is 0.639. The Balaban J connectivity index is 0.000000211. The predicted octanol–water partition coefficient (Wildman–Crippen LogP) is 17.0. The van der Waals surface area contributed by atoms with Gasteiger partial charge in [-0.1, -0.05) is 81.8 Å². The van der Waals surface area contributed by atoms with Gasteiger partial charge in [0.05, 0.1) is 125 Å². The van der Waals surface area contributed by atoms with Crippen molar-refractivity contribution in [1.29, 1.82) is 0 Å². The van der Waals surface area contributed by atoms with Gasteiger partial charge in [0.15, 0.2) is 57.5 Å². The average Bonchev–Trinajstić information content (AvgIpc) is 0.675. The van der Waals surface area contributed by atoms with E-state index in [1.807, 2.05) is 27.7 Å². The number of fused-ring (bicyclic) bond motifs is 15. The molecule has 0 spiro atoms. The van der Waals surface area contributed by atoms with Crippen molar-refractivity contribution in [3.63, 3.8) is 0 Å². The molecular formula is C97H139N5O15. The molecule has 10 heterocycles. The summed E-state index contributed by atoms with van der Waals surface area (Å²) in [6, 6.07) is -11.3. The van der Waals surface area contributed by atoms with Gasteiger partial charge in [0.1, 0.15) is 28.9 Å². The molecule has 10 aliphatic rings. The van der Waals surface area contributed by atoms with Crippen molar-refractivity contribution in [3.8, 4) is 57.5 Å². The zero-order valence-corrected chi connectivity index (χ0v) is 65.9. The lowest BCUT2D eigenvalue weighted by Gasteiger charge is -2.43. The highest BCUT2D eigenvalue weighted by molar-refractivity contribution is 5.86. The second kappa shape index (κ2) is 41.0. The second-order valence-electron chi connectivity index (χ2n) is 30.6. The molecule has 10 aliphatic heterocycles. The number of methoxy groups -OCH3 is 10. The number of carbonyl (C=O) groups is 5. The van der Waals surface area contributed by atoms with Gasteiger partial charge in [-0.25, -0.2) is 0 Å². The number of hydrogen-bond acceptors (Lipinski definition) is 20. The highest BCUT2D eigenvalue weighted by Crippen LogP contribution is 2.49. The van der Waals surface area contributed by atoms with Gasteiger partial charge in [0, 0.05) is 190 Å². The molecule has 12 atom stereocenters. The first kappa shape index (κ1) is 38.1. The first-order chi connectivity index (χ1) is 81.0. The summed E-state index contributed by atoms with van der Waals surface area (Å²) in [4.78, 5) is 73.9. The van der Waals surface area contributed by atoms with Crippen molar-refractivity contribution in [2.45, 2.75) is 208 Å². The van der Waals surface area contributed by atoms with Gasteiger partial charge in [-0.05, 0) is 210 Å². The molecule has 0 bridgehead atoms. The van der Waals surface area contributed by atoms with Gasteiger partial charge in [-0.2, -0.15) is 0 Å². The van der Waals surface area contributed by atoms with Crippen LogP contribution >= 0.6 is 0 Å². The van der Waals surface area contributed by atoms with Crippen LogP contribution in [0.15, 0.2) is 60.4 Å². The molecule has 15 rings (SSSR count). The molecule has 0 amide bonds. The number of ketones is 5. The van der Waals surface area contributed by atoms with E-state index < -0.39 is 343 Å². The summed E-state index contributed by atoms with van der Waals surface area (Å²) < 4.78 is 557. The fourth-order valence-corrected chi connectivity index (χ4v) is 16.2. The lowest BCUT2D eigenvalue weighted by molar-refractivity contribution is -0.130. The third-order valence-electron chi connectivity index (χ3n) is 21.7. The van der Waals surface area contributed by atoms with Crippen molar-refractivity contribution < 1.29 is 159 Å². The summed E-state index contributed by atoms with van der Waals surface area (Å²) in [5.41, 5.74) is 0.436. The van der Waals surface area contributed by atoms with Crippen LogP contribution in [-0.4, -0.2) is 189 Å². The maximum absolute atomic E-state index is 13.8. The molecule has 642 valence electrons. The maximum Gasteiger partial charge on any atom is 0.161 e. The average molecular weight is 1680 g/mol. The van der Waals surface area contributed by atoms with Gasteiger partial charge in [-0.15, -0.1) is 0 Å². The van der Waals surface area contributed by atoms with Gasteiger partial charge in [-0.3, -0.25) is 48.5 Å². The molecule has 5 saturated heterocycles. The quantitative estimate of drug-likeness (QED) is 0.0634. The van der Waals surface area contributed by atoms with Crippen LogP contribution < -0.4 is 47.4 Å². The van der Waals surface area contributed by atoms with Crippen LogP contribution in [-0.2, 0) is 56.1 Å². The highest BCUT2D eigenvalue weighted by atomic mass is 16.5. The molecule has 12 unspecified atom stereocenters. The Bertz CT molecular complexity index is 7150. The first-order valence-corrected chi connectivity index (χ1v) is 38.1. The van der Waals surface area contributed by atoms with Crippen molar-refractivity contribution in [2.75, 3.05) is 136 Å². The number of nitrogens with zero attached hydrogens (tertiary/aromatic N) is 5. The molecule has 0 aromatic heterocycles. The second-order valence-corrected chi connectivity index (χ2v) is 30.6. The van der Waals surface area contributed by atoms with E-state index in [1.54, 1.807) is 4.90 Å². The van der Waals surface area contributed by atoms with Gasteiger partial charge < -0.3 is 47.4 Å². The molecule has 5 aromatic rings. The molecule has 117 heavy (non-hydrogen) atoms. The van der Waals surface area contributed by atoms with Crippen molar-refractivity contribution in [2.24, 2.45) is 59.1 Å². The zero-order chi connectivity index (χ0) is 139. The molecule has 20 nitrogen and oxygen atoms in total. The molecule has 0 radical (unpaired) electrons. The van der Waals surface area contributed by atoms with Crippen LogP contribution in [0.4, 0.5) is 0 Å². The maximum atomic E-state index is 13.8. The summed E-state index contributed by atoms with van der Waals surface area (Å²) in [5.74, 6) is -26.1. The van der Waals surface area contributed by atoms with Crippen molar-refractivity contribution in [1.82, 2.24) is 24.5 Å². The summed E-state index contributed by atoms with van der Waals surface area (Å²) in [6.07, 6.45) is -18.1. The molecule has 5 aromatic carbocycles. The molecule has 0 aliphatic carbocycles. The number of rotatable bonds is 22. The smallest absolute Gasteiger partial charge is 0.161 e. The summed E-state index contributed by atoms with van der Waals surface area (Å²) >= 11 is 0. The van der Waals surface area contributed by atoms with Crippen LogP contribution in [0.1, 0.15) is 319 Å². The third kappa shape index (κ3) is 21.0. The Hall–Kier alpha value is -7.75. The standard InChI is InChI=1S/2C20H29NO3.3C19H27NO3/c2*1-5-13(2)8-15-12-21-7-6-14-9-19(23-3)20(24-4)10-16(14)17(21)11-18(15)22;3*1-12(2)7-14-11-20-6-5-13-8-18(22-3)19(23-4)9-15(13)16(20)10-17(14)21/h2*9-10,13,15,17H,5-8,11-12H2,1-4H3;3*8-9,12,14,16H,5-7,10-11H2,1-4H3/i2D3,3D3,4D3,5D2,8D2,9D,10D,11D2,13D,15D;2D3,3D3,4D3,5D2,8D2,9D,10D,13D;3D3,4D3,8D,9D,10D2,14D;3D3,4D3,8D,9D,11D2;3D3,4D3,8D,9D. The highest BCUT2D eigenvalue weighted by Gasteiger charge is 2.45. The number of Topliss-reactive ketones (excluding diaryl/α,β-unsaturated/α-hetero) is 5. The molecule has 20 heteroatoms. The van der Waals surface area contributed by atoms with E-state index in [2.05, 4.69) is 18.7 Å². The van der Waals surface area contributed by atoms with Crippen LogP contribution in [0.25, 0.3) is 0 Å². The van der Waals surface area contributed by atoms with E-state index in [4.69, 9.17) is 135 Å². The lowest BCUT2D eigenvalue weighted by Crippen LogP contribution is -2.46. The number of hydrogen-bond donors (Lipinski definition) is 0. The predicted molar refractivity (Wildman–Crippen MR) is 460 cm³/mol. The number of piperidine rings is 5. The fourth-order valence-electron chi connectivity index (χ4n) is 16.2. The van der Waals surface area contributed by atoms with E-state index in [0.29, 0.717) is 49.9 Å². The van der Waals surface area contributed by atoms with Crippen LogP contribution in [0.3, 0.4) is 0 Å². The van der Waals surface area contributed by atoms with E-state index in [9.17, 15) is 24.0 Å². The monoisotopic (exact) mass is 1680 g/mol. The Kier molecular flexibility index (Phi) is 13.4. The van der Waals surface area contributed by atoms with E-state index in [-0.39, 0.29) is 158 Å². The minimum atomic E-state index is -3.85. The SMILES string of the molecule is [2H]c1c2c(c([2H])c(OC([2H])([2H])[2H])c1OC([2H])([2H])[2H])C1CC(=O)C(C([2H])([2H])C([2H])(C([2H])([2H])[2H])C([2H])([2H])C)CN1CC2.[2H]c1c2c(c([2H])c(OC([2H])([2H])[2H])c1OC([2H])([2H])[2H])C1CC(=O)C(CC(C)C)C([2H])([2H])N1CC2.[2H]c1c2c(c([2H])c(OC([2H])([2H])[2H])c1OC([2H])([2H])[2H])C1CC(=O)C(CC(C)C)CN1CC2.[2H]c1c2c(c([2H])c(OC([2H])([2H])[2H])c1OC([2H])([2H])[2H])C1N(CC2)CC([2H])(C([2H])([2H])C([2H])(C([2H])([2H])[2H])C([2H])([2H])C)C(=O)C1([2H])[2H].[2H]c1c2c(c([2H])c(OC([2H])([2H])[2H])c1OC([2H])([2H])[2H])C1N(CC2)CC([2H])(CC(C)C)C(=O)C1([2H])[2H].